The van der Waals surface area contributed by atoms with E-state index in [1.165, 1.54) is 12.3 Å². The average Bonchev–Trinajstić information content (AvgIpc) is 1.87. The summed E-state index contributed by atoms with van der Waals surface area (Å²) < 4.78 is 0. The highest BCUT2D eigenvalue weighted by Crippen LogP contribution is 2.05. The second-order valence-corrected chi connectivity index (χ2v) is 4.40. The Morgan fingerprint density at radius 1 is 1.09 bits per heavy atom. The fraction of sp³-hybridized carbons (Fsp3) is 1.00. The molecular formula is C9H21NS. The summed E-state index contributed by atoms with van der Waals surface area (Å²) in [5, 5.41) is 0. The van der Waals surface area contributed by atoms with Crippen molar-refractivity contribution in [3.05, 3.63) is 0 Å². The second-order valence-electron chi connectivity index (χ2n) is 3.42. The Labute approximate surface area is 75.5 Å². The molecule has 0 radical (unpaired) electrons. The molecule has 0 aliphatic heterocycles. The summed E-state index contributed by atoms with van der Waals surface area (Å²) in [6.07, 6.45) is 2.17. The van der Waals surface area contributed by atoms with Crippen LogP contribution >= 0.6 is 11.8 Å². The van der Waals surface area contributed by atoms with Crippen molar-refractivity contribution in [2.75, 3.05) is 18.6 Å². The van der Waals surface area contributed by atoms with Crippen molar-refractivity contribution in [3.63, 3.8) is 0 Å². The lowest BCUT2D eigenvalue weighted by Gasteiger charge is -2.30. The van der Waals surface area contributed by atoms with Crippen LogP contribution in [0.25, 0.3) is 0 Å². The zero-order chi connectivity index (χ0) is 8.85. The van der Waals surface area contributed by atoms with Gasteiger partial charge in [0.15, 0.2) is 0 Å². The van der Waals surface area contributed by atoms with Crippen LogP contribution in [0.1, 0.15) is 27.7 Å². The molecule has 0 aliphatic rings. The van der Waals surface area contributed by atoms with Gasteiger partial charge in [-0.15, -0.1) is 0 Å². The highest BCUT2D eigenvalue weighted by Gasteiger charge is 2.11. The van der Waals surface area contributed by atoms with E-state index in [9.17, 15) is 0 Å². The maximum Gasteiger partial charge on any atom is 0.00776 e. The fourth-order valence-electron chi connectivity index (χ4n) is 1.31. The molecule has 0 atom stereocenters. The van der Waals surface area contributed by atoms with Gasteiger partial charge >= 0.3 is 0 Å². The SMILES string of the molecule is CSCCN(C(C)C)C(C)C. The second kappa shape index (κ2) is 5.90. The summed E-state index contributed by atoms with van der Waals surface area (Å²) in [5.41, 5.74) is 0. The van der Waals surface area contributed by atoms with Crippen LogP contribution in [0.15, 0.2) is 0 Å². The minimum absolute atomic E-state index is 0.683. The van der Waals surface area contributed by atoms with Crippen molar-refractivity contribution >= 4 is 11.8 Å². The third-order valence-corrected chi connectivity index (χ3v) is 2.47. The van der Waals surface area contributed by atoms with E-state index in [1.807, 2.05) is 11.8 Å². The highest BCUT2D eigenvalue weighted by atomic mass is 32.2. The van der Waals surface area contributed by atoms with Gasteiger partial charge in [-0.1, -0.05) is 0 Å². The molecule has 0 aromatic heterocycles. The van der Waals surface area contributed by atoms with E-state index in [0.717, 1.165) is 0 Å². The van der Waals surface area contributed by atoms with Crippen molar-refractivity contribution in [3.8, 4) is 0 Å². The number of nitrogens with zero attached hydrogens (tertiary/aromatic N) is 1. The summed E-state index contributed by atoms with van der Waals surface area (Å²) in [7, 11) is 0. The van der Waals surface area contributed by atoms with E-state index in [0.29, 0.717) is 12.1 Å². The van der Waals surface area contributed by atoms with E-state index < -0.39 is 0 Å². The van der Waals surface area contributed by atoms with E-state index >= 15 is 0 Å². The fourth-order valence-corrected chi connectivity index (χ4v) is 1.70. The molecule has 11 heavy (non-hydrogen) atoms. The maximum absolute atomic E-state index is 2.52. The lowest BCUT2D eigenvalue weighted by atomic mass is 10.2. The number of hydrogen-bond acceptors (Lipinski definition) is 2. The molecule has 0 saturated heterocycles. The first-order chi connectivity index (χ1) is 5.09. The van der Waals surface area contributed by atoms with Gasteiger partial charge in [0, 0.05) is 24.4 Å². The van der Waals surface area contributed by atoms with Gasteiger partial charge in [0.05, 0.1) is 0 Å². The van der Waals surface area contributed by atoms with Crippen LogP contribution in [0.4, 0.5) is 0 Å². The molecule has 0 heterocycles. The van der Waals surface area contributed by atoms with Crippen LogP contribution < -0.4 is 0 Å². The average molecular weight is 175 g/mol. The van der Waals surface area contributed by atoms with E-state index in [1.54, 1.807) is 0 Å². The van der Waals surface area contributed by atoms with Crippen molar-refractivity contribution in [2.24, 2.45) is 0 Å². The molecule has 0 saturated carbocycles. The molecule has 0 spiro atoms. The smallest absolute Gasteiger partial charge is 0.00776 e. The van der Waals surface area contributed by atoms with Crippen molar-refractivity contribution in [1.29, 1.82) is 0 Å². The number of rotatable bonds is 5. The topological polar surface area (TPSA) is 3.24 Å². The third-order valence-electron chi connectivity index (χ3n) is 1.88. The van der Waals surface area contributed by atoms with Crippen LogP contribution in [0, 0.1) is 0 Å². The van der Waals surface area contributed by atoms with Crippen molar-refractivity contribution in [1.82, 2.24) is 4.90 Å². The molecule has 0 rings (SSSR count). The molecule has 0 unspecified atom stereocenters. The summed E-state index contributed by atoms with van der Waals surface area (Å²) in [6, 6.07) is 1.37. The molecular weight excluding hydrogens is 154 g/mol. The Balaban J connectivity index is 3.70. The Kier molecular flexibility index (Phi) is 6.06. The minimum atomic E-state index is 0.683. The lowest BCUT2D eigenvalue weighted by Crippen LogP contribution is -2.38. The molecule has 68 valence electrons. The van der Waals surface area contributed by atoms with Crippen LogP contribution in [0.3, 0.4) is 0 Å². The number of hydrogen-bond donors (Lipinski definition) is 0. The van der Waals surface area contributed by atoms with E-state index in [-0.39, 0.29) is 0 Å². The summed E-state index contributed by atoms with van der Waals surface area (Å²) >= 11 is 1.92. The molecule has 0 aromatic rings. The molecule has 1 nitrogen and oxygen atoms in total. The van der Waals surface area contributed by atoms with Crippen LogP contribution in [0.2, 0.25) is 0 Å². The third kappa shape index (κ3) is 4.70. The van der Waals surface area contributed by atoms with Crippen molar-refractivity contribution in [2.45, 2.75) is 39.8 Å². The summed E-state index contributed by atoms with van der Waals surface area (Å²) in [6.45, 7) is 10.3. The Hall–Kier alpha value is 0.310. The van der Waals surface area contributed by atoms with Gasteiger partial charge in [0.2, 0.25) is 0 Å². The molecule has 0 N–H and O–H groups in total. The molecule has 0 amide bonds. The minimum Gasteiger partial charge on any atom is -0.298 e. The van der Waals surface area contributed by atoms with Crippen LogP contribution in [-0.2, 0) is 0 Å². The highest BCUT2D eigenvalue weighted by molar-refractivity contribution is 7.98. The van der Waals surface area contributed by atoms with Crippen LogP contribution in [0.5, 0.6) is 0 Å². The van der Waals surface area contributed by atoms with Gasteiger partial charge in [-0.3, -0.25) is 4.90 Å². The standard InChI is InChI=1S/C9H21NS/c1-8(2)10(9(3)4)6-7-11-5/h8-9H,6-7H2,1-5H3. The molecule has 0 bridgehead atoms. The predicted molar refractivity (Wildman–Crippen MR) is 55.4 cm³/mol. The maximum atomic E-state index is 2.52. The first-order valence-corrected chi connectivity index (χ1v) is 5.73. The van der Waals surface area contributed by atoms with E-state index in [4.69, 9.17) is 0 Å². The monoisotopic (exact) mass is 175 g/mol. The number of thioether (sulfide) groups is 1. The van der Waals surface area contributed by atoms with Gasteiger partial charge in [0.1, 0.15) is 0 Å². The first kappa shape index (κ1) is 11.3. The largest absolute Gasteiger partial charge is 0.298 e. The quantitative estimate of drug-likeness (QED) is 0.631. The zero-order valence-electron chi connectivity index (χ0n) is 8.42. The van der Waals surface area contributed by atoms with E-state index in [2.05, 4.69) is 38.9 Å². The van der Waals surface area contributed by atoms with Gasteiger partial charge in [0.25, 0.3) is 0 Å². The van der Waals surface area contributed by atoms with Gasteiger partial charge in [-0.05, 0) is 34.0 Å². The van der Waals surface area contributed by atoms with Gasteiger partial charge in [-0.2, -0.15) is 11.8 Å². The zero-order valence-corrected chi connectivity index (χ0v) is 9.24. The van der Waals surface area contributed by atoms with Crippen molar-refractivity contribution < 1.29 is 0 Å². The molecule has 0 aliphatic carbocycles. The first-order valence-electron chi connectivity index (χ1n) is 4.34. The molecule has 0 aromatic carbocycles. The molecule has 0 fully saturated rings. The molecule has 2 heteroatoms. The predicted octanol–water partition coefficient (Wildman–Crippen LogP) is 2.47. The Morgan fingerprint density at radius 3 is 1.82 bits per heavy atom. The Morgan fingerprint density at radius 2 is 1.55 bits per heavy atom. The van der Waals surface area contributed by atoms with Gasteiger partial charge in [-0.25, -0.2) is 0 Å². The normalized spacial score (nSPS) is 12.0. The summed E-state index contributed by atoms with van der Waals surface area (Å²) in [5.74, 6) is 1.25. The lowest BCUT2D eigenvalue weighted by molar-refractivity contribution is 0.187. The summed E-state index contributed by atoms with van der Waals surface area (Å²) in [4.78, 5) is 2.52. The van der Waals surface area contributed by atoms with Gasteiger partial charge < -0.3 is 0 Å². The Bertz CT molecular complexity index is 83.6. The van der Waals surface area contributed by atoms with Crippen LogP contribution in [-0.4, -0.2) is 35.5 Å².